The first-order chi connectivity index (χ1) is 20.2. The lowest BCUT2D eigenvalue weighted by molar-refractivity contribution is 0.0567. The molecule has 1 aromatic carbocycles. The number of nitrogens with zero attached hydrogens (tertiary/aromatic N) is 5. The lowest BCUT2D eigenvalue weighted by Crippen LogP contribution is -2.46. The van der Waals surface area contributed by atoms with E-state index in [1.807, 2.05) is 66.6 Å². The van der Waals surface area contributed by atoms with E-state index in [1.54, 1.807) is 16.8 Å². The topological polar surface area (TPSA) is 139 Å². The number of H-pyrrole nitrogens is 1. The number of carbonyl (C=O) groups is 1. The minimum atomic E-state index is -3.70. The Morgan fingerprint density at radius 2 is 1.76 bits per heavy atom. The van der Waals surface area contributed by atoms with Crippen molar-refractivity contribution in [2.24, 2.45) is 0 Å². The zero-order valence-corrected chi connectivity index (χ0v) is 24.2. The fraction of sp³-hybridized carbons (Fsp3) is 0.290. The van der Waals surface area contributed by atoms with Gasteiger partial charge in [-0.2, -0.15) is 5.10 Å². The molecule has 2 aliphatic heterocycles. The maximum atomic E-state index is 13.4. The maximum Gasteiger partial charge on any atom is 0.257 e. The number of aromatic amines is 1. The number of nitrogens with one attached hydrogen (secondary N) is 1. The van der Waals surface area contributed by atoms with E-state index in [4.69, 9.17) is 10.7 Å². The quantitative estimate of drug-likeness (QED) is 0.308. The summed E-state index contributed by atoms with van der Waals surface area (Å²) in [5, 5.41) is 6.90. The van der Waals surface area contributed by atoms with Crippen molar-refractivity contribution < 1.29 is 13.2 Å². The Kier molecular flexibility index (Phi) is 6.16. The second-order valence-corrected chi connectivity index (χ2v) is 13.3. The third-order valence-electron chi connectivity index (χ3n) is 8.74. The molecular weight excluding hydrogens is 550 g/mol. The van der Waals surface area contributed by atoms with Crippen LogP contribution in [0.5, 0.6) is 0 Å². The fourth-order valence-corrected chi connectivity index (χ4v) is 7.87. The van der Waals surface area contributed by atoms with Crippen molar-refractivity contribution in [3.63, 3.8) is 0 Å². The largest absolute Gasteiger partial charge is 0.384 e. The Labute approximate surface area is 243 Å². The average Bonchev–Trinajstić information content (AvgIpc) is 3.68. The van der Waals surface area contributed by atoms with Crippen LogP contribution in [0, 0.1) is 6.92 Å². The van der Waals surface area contributed by atoms with Crippen LogP contribution in [0.25, 0.3) is 28.0 Å². The third kappa shape index (κ3) is 4.27. The number of carbonyl (C=O) groups excluding carboxylic acids is 1. The van der Waals surface area contributed by atoms with E-state index in [0.717, 1.165) is 35.2 Å². The summed E-state index contributed by atoms with van der Waals surface area (Å²) in [6.07, 6.45) is 9.37. The number of hydrogen-bond acceptors (Lipinski definition) is 7. The van der Waals surface area contributed by atoms with Gasteiger partial charge in [-0.15, -0.1) is 0 Å². The van der Waals surface area contributed by atoms with Crippen LogP contribution < -0.4 is 5.73 Å². The molecule has 0 unspecified atom stereocenters. The van der Waals surface area contributed by atoms with Crippen LogP contribution in [0.2, 0.25) is 0 Å². The van der Waals surface area contributed by atoms with Crippen LogP contribution in [0.15, 0.2) is 72.0 Å². The second kappa shape index (κ2) is 9.80. The molecule has 0 aliphatic carbocycles. The molecule has 2 saturated heterocycles. The number of fused-ring (bicyclic) bond motifs is 3. The number of nitrogen functional groups attached to an aromatic ring is 1. The van der Waals surface area contributed by atoms with Crippen molar-refractivity contribution in [3.8, 4) is 22.4 Å². The first kappa shape index (κ1) is 26.4. The third-order valence-corrected chi connectivity index (χ3v) is 9.90. The van der Waals surface area contributed by atoms with E-state index in [1.165, 1.54) is 6.26 Å². The minimum Gasteiger partial charge on any atom is -0.384 e. The predicted octanol–water partition coefficient (Wildman–Crippen LogP) is 4.63. The van der Waals surface area contributed by atoms with E-state index in [0.29, 0.717) is 35.4 Å². The standard InChI is InChI=1S/C31H31N7O3S/c1-18-25(17-34-36-18)31(39)38-22-9-10-23(38)15-21(14-22)27-28(42(2,40)41)29(32)37-13-12-24(30(37)35-27)20-8-11-26(33-16-20)19-6-4-3-5-7-19/h3-8,11-13,16-17,21-23H,9-10,14-15,32H2,1-2H3,(H,34,36)/t21-,22-,23+. The number of anilines is 1. The van der Waals surface area contributed by atoms with Gasteiger partial charge in [0.25, 0.3) is 5.91 Å². The first-order valence-electron chi connectivity index (χ1n) is 14.1. The molecule has 2 fully saturated rings. The van der Waals surface area contributed by atoms with Gasteiger partial charge in [0.1, 0.15) is 16.4 Å². The molecule has 6 heterocycles. The summed E-state index contributed by atoms with van der Waals surface area (Å²) < 4.78 is 27.9. The fourth-order valence-electron chi connectivity index (χ4n) is 6.80. The van der Waals surface area contributed by atoms with Crippen LogP contribution in [0.4, 0.5) is 5.82 Å². The van der Waals surface area contributed by atoms with Crippen molar-refractivity contribution >= 4 is 27.2 Å². The van der Waals surface area contributed by atoms with Gasteiger partial charge in [-0.1, -0.05) is 36.4 Å². The van der Waals surface area contributed by atoms with Gasteiger partial charge in [-0.3, -0.25) is 19.3 Å². The lowest BCUT2D eigenvalue weighted by atomic mass is 9.87. The van der Waals surface area contributed by atoms with Crippen LogP contribution in [0.3, 0.4) is 0 Å². The number of sulfone groups is 1. The Morgan fingerprint density at radius 3 is 2.38 bits per heavy atom. The molecule has 1 amide bonds. The molecule has 10 nitrogen and oxygen atoms in total. The molecule has 2 aliphatic rings. The highest BCUT2D eigenvalue weighted by molar-refractivity contribution is 7.91. The smallest absolute Gasteiger partial charge is 0.257 e. The van der Waals surface area contributed by atoms with Crippen LogP contribution in [0.1, 0.15) is 53.3 Å². The summed E-state index contributed by atoms with van der Waals surface area (Å²) in [5.74, 6) is -0.0355. The highest BCUT2D eigenvalue weighted by Gasteiger charge is 2.46. The highest BCUT2D eigenvalue weighted by Crippen LogP contribution is 2.46. The summed E-state index contributed by atoms with van der Waals surface area (Å²) in [4.78, 5) is 25.2. The van der Waals surface area contributed by atoms with Crippen molar-refractivity contribution in [2.75, 3.05) is 12.0 Å². The molecule has 5 aromatic rings. The zero-order chi connectivity index (χ0) is 29.2. The molecule has 0 radical (unpaired) electrons. The van der Waals surface area contributed by atoms with Gasteiger partial charge < -0.3 is 10.6 Å². The molecule has 214 valence electrons. The summed E-state index contributed by atoms with van der Waals surface area (Å²) in [7, 11) is -3.70. The number of rotatable bonds is 5. The SMILES string of the molecule is Cc1n[nH]cc1C(=O)N1[C@@H]2CC[C@H]1C[C@H](c1nc3c(-c4ccc(-c5ccccc5)nc4)ccn3c(N)c1S(C)(=O)=O)C2. The Morgan fingerprint density at radius 1 is 1.02 bits per heavy atom. The number of hydrogen-bond donors (Lipinski definition) is 2. The van der Waals surface area contributed by atoms with Crippen molar-refractivity contribution in [2.45, 2.75) is 55.5 Å². The summed E-state index contributed by atoms with van der Waals surface area (Å²) in [5.41, 5.74) is 12.5. The van der Waals surface area contributed by atoms with Crippen molar-refractivity contribution in [1.29, 1.82) is 0 Å². The number of benzene rings is 1. The van der Waals surface area contributed by atoms with E-state index in [-0.39, 0.29) is 34.6 Å². The van der Waals surface area contributed by atoms with E-state index in [9.17, 15) is 13.2 Å². The summed E-state index contributed by atoms with van der Waals surface area (Å²) >= 11 is 0. The molecule has 0 spiro atoms. The second-order valence-electron chi connectivity index (χ2n) is 11.4. The zero-order valence-electron chi connectivity index (χ0n) is 23.4. The number of amides is 1. The number of aromatic nitrogens is 5. The molecule has 4 aromatic heterocycles. The van der Waals surface area contributed by atoms with Gasteiger partial charge >= 0.3 is 0 Å². The van der Waals surface area contributed by atoms with Gasteiger partial charge in [-0.25, -0.2) is 13.4 Å². The molecule has 0 saturated carbocycles. The first-order valence-corrected chi connectivity index (χ1v) is 15.9. The normalized spacial score (nSPS) is 20.3. The number of pyridine rings is 1. The van der Waals surface area contributed by atoms with Crippen LogP contribution >= 0.6 is 0 Å². The average molecular weight is 582 g/mol. The Bertz CT molecular complexity index is 1920. The highest BCUT2D eigenvalue weighted by atomic mass is 32.2. The molecule has 11 heteroatoms. The van der Waals surface area contributed by atoms with Crippen LogP contribution in [-0.2, 0) is 9.84 Å². The van der Waals surface area contributed by atoms with Gasteiger partial charge in [0.05, 0.1) is 22.6 Å². The molecule has 42 heavy (non-hydrogen) atoms. The Hall–Kier alpha value is -4.51. The van der Waals surface area contributed by atoms with Gasteiger partial charge in [-0.05, 0) is 44.7 Å². The molecule has 7 rings (SSSR count). The molecule has 2 bridgehead atoms. The Balaban J connectivity index is 1.28. The van der Waals surface area contributed by atoms with Gasteiger partial charge in [0, 0.05) is 59.5 Å². The number of aryl methyl sites for hydroxylation is 1. The van der Waals surface area contributed by atoms with E-state index >= 15 is 0 Å². The monoisotopic (exact) mass is 581 g/mol. The van der Waals surface area contributed by atoms with Gasteiger partial charge in [0.15, 0.2) is 9.84 Å². The lowest BCUT2D eigenvalue weighted by Gasteiger charge is -2.39. The molecule has 3 atom stereocenters. The maximum absolute atomic E-state index is 13.4. The van der Waals surface area contributed by atoms with E-state index < -0.39 is 9.84 Å². The van der Waals surface area contributed by atoms with E-state index in [2.05, 4.69) is 15.2 Å². The van der Waals surface area contributed by atoms with Gasteiger partial charge in [0.2, 0.25) is 0 Å². The van der Waals surface area contributed by atoms with Crippen LogP contribution in [-0.4, -0.2) is 62.1 Å². The summed E-state index contributed by atoms with van der Waals surface area (Å²) in [6, 6.07) is 15.8. The van der Waals surface area contributed by atoms with Crippen molar-refractivity contribution in [1.82, 2.24) is 29.5 Å². The number of piperidine rings is 1. The molecule has 3 N–H and O–H groups in total. The summed E-state index contributed by atoms with van der Waals surface area (Å²) in [6.45, 7) is 1.82. The molecular formula is C31H31N7O3S. The number of nitrogens with two attached hydrogens (primary N) is 1. The minimum absolute atomic E-state index is 0.0109. The predicted molar refractivity (Wildman–Crippen MR) is 160 cm³/mol. The van der Waals surface area contributed by atoms with Crippen molar-refractivity contribution in [3.05, 3.63) is 84.1 Å².